The van der Waals surface area contributed by atoms with Crippen LogP contribution in [0.4, 0.5) is 0 Å². The van der Waals surface area contributed by atoms with Crippen LogP contribution in [0.1, 0.15) is 28.2 Å². The zero-order valence-corrected chi connectivity index (χ0v) is 16.0. The van der Waals surface area contributed by atoms with Gasteiger partial charge < -0.3 is 24.7 Å². The molecule has 3 rings (SSSR count). The molecule has 0 saturated carbocycles. The lowest BCUT2D eigenvalue weighted by Gasteiger charge is -2.19. The Hall–Kier alpha value is -2.47. The maximum absolute atomic E-state index is 12.2. The number of hydrogen-bond donors (Lipinski definition) is 1. The summed E-state index contributed by atoms with van der Waals surface area (Å²) in [4.78, 5) is 14.4. The molecule has 1 aliphatic heterocycles. The van der Waals surface area contributed by atoms with Gasteiger partial charge in [0, 0.05) is 23.5 Å². The Morgan fingerprint density at radius 2 is 1.85 bits per heavy atom. The van der Waals surface area contributed by atoms with Crippen molar-refractivity contribution in [3.05, 3.63) is 35.2 Å². The molecule has 2 N–H and O–H groups in total. The van der Waals surface area contributed by atoms with Gasteiger partial charge in [0.2, 0.25) is 0 Å². The predicted octanol–water partition coefficient (Wildman–Crippen LogP) is 2.59. The van der Waals surface area contributed by atoms with E-state index in [0.717, 1.165) is 47.8 Å². The summed E-state index contributed by atoms with van der Waals surface area (Å²) in [6, 6.07) is 5.80. The largest absolute Gasteiger partial charge is 0.486 e. The first kappa shape index (κ1) is 18.3. The Morgan fingerprint density at radius 3 is 2.50 bits per heavy atom. The lowest BCUT2D eigenvalue weighted by molar-refractivity contribution is 0.1000. The predicted molar refractivity (Wildman–Crippen MR) is 102 cm³/mol. The second-order valence-corrected chi connectivity index (χ2v) is 6.95. The van der Waals surface area contributed by atoms with Gasteiger partial charge in [0.15, 0.2) is 11.5 Å². The molecule has 1 aromatic heterocycles. The van der Waals surface area contributed by atoms with E-state index < -0.39 is 5.91 Å². The van der Waals surface area contributed by atoms with E-state index >= 15 is 0 Å². The SMILES string of the molecule is Cc1c(C(N)=O)c(-c2ccc3c(c2)OCCO3)c(C)n1CCCN(C)C. The molecule has 2 heterocycles. The normalized spacial score (nSPS) is 13.3. The van der Waals surface area contributed by atoms with Crippen molar-refractivity contribution in [3.8, 4) is 22.6 Å². The Labute approximate surface area is 154 Å². The molecule has 0 aliphatic carbocycles. The van der Waals surface area contributed by atoms with Crippen molar-refractivity contribution < 1.29 is 14.3 Å². The summed E-state index contributed by atoms with van der Waals surface area (Å²) in [6.07, 6.45) is 1.00. The standard InChI is InChI=1S/C20H27N3O3/c1-13-18(15-6-7-16-17(12-15)26-11-10-25-16)19(20(21)24)14(2)23(13)9-5-8-22(3)4/h6-7,12H,5,8-11H2,1-4H3,(H2,21,24). The van der Waals surface area contributed by atoms with Gasteiger partial charge in [0.1, 0.15) is 13.2 Å². The first-order valence-electron chi connectivity index (χ1n) is 8.94. The highest BCUT2D eigenvalue weighted by atomic mass is 16.6. The molecule has 140 valence electrons. The van der Waals surface area contributed by atoms with Gasteiger partial charge in [-0.1, -0.05) is 6.07 Å². The Balaban J connectivity index is 2.04. The van der Waals surface area contributed by atoms with E-state index in [0.29, 0.717) is 24.5 Å². The molecule has 26 heavy (non-hydrogen) atoms. The minimum absolute atomic E-state index is 0.401. The van der Waals surface area contributed by atoms with Crippen LogP contribution < -0.4 is 15.2 Å². The van der Waals surface area contributed by atoms with Gasteiger partial charge >= 0.3 is 0 Å². The summed E-state index contributed by atoms with van der Waals surface area (Å²) >= 11 is 0. The molecule has 0 atom stereocenters. The molecule has 1 amide bonds. The monoisotopic (exact) mass is 357 g/mol. The van der Waals surface area contributed by atoms with Crippen LogP contribution >= 0.6 is 0 Å². The number of fused-ring (bicyclic) bond motifs is 1. The van der Waals surface area contributed by atoms with Gasteiger partial charge in [-0.3, -0.25) is 4.79 Å². The molecule has 0 fully saturated rings. The number of rotatable bonds is 6. The molecule has 2 aromatic rings. The molecule has 0 unspecified atom stereocenters. The number of nitrogens with zero attached hydrogens (tertiary/aromatic N) is 2. The maximum atomic E-state index is 12.2. The van der Waals surface area contributed by atoms with E-state index in [1.165, 1.54) is 0 Å². The van der Waals surface area contributed by atoms with Crippen molar-refractivity contribution in [2.24, 2.45) is 5.73 Å². The van der Waals surface area contributed by atoms with Gasteiger partial charge in [-0.05, 0) is 58.6 Å². The zero-order chi connectivity index (χ0) is 18.8. The van der Waals surface area contributed by atoms with Gasteiger partial charge in [-0.2, -0.15) is 0 Å². The molecular formula is C20H27N3O3. The molecule has 0 spiro atoms. The third kappa shape index (κ3) is 3.42. The third-order valence-corrected chi connectivity index (χ3v) is 4.85. The van der Waals surface area contributed by atoms with Gasteiger partial charge in [-0.25, -0.2) is 0 Å². The average Bonchev–Trinajstić information content (AvgIpc) is 2.85. The van der Waals surface area contributed by atoms with E-state index in [9.17, 15) is 4.79 Å². The van der Waals surface area contributed by atoms with E-state index in [4.69, 9.17) is 15.2 Å². The van der Waals surface area contributed by atoms with Crippen molar-refractivity contribution in [1.82, 2.24) is 9.47 Å². The van der Waals surface area contributed by atoms with Crippen LogP contribution in [0, 0.1) is 13.8 Å². The number of ether oxygens (including phenoxy) is 2. The van der Waals surface area contributed by atoms with Crippen LogP contribution in [-0.2, 0) is 6.54 Å². The summed E-state index contributed by atoms with van der Waals surface area (Å²) in [6.45, 7) is 6.93. The average molecular weight is 357 g/mol. The number of primary amides is 1. The fourth-order valence-corrected chi connectivity index (χ4v) is 3.62. The second-order valence-electron chi connectivity index (χ2n) is 6.95. The van der Waals surface area contributed by atoms with Crippen LogP contribution in [0.2, 0.25) is 0 Å². The lowest BCUT2D eigenvalue weighted by Crippen LogP contribution is -2.16. The minimum Gasteiger partial charge on any atom is -0.486 e. The van der Waals surface area contributed by atoms with Crippen LogP contribution in [-0.4, -0.2) is 49.2 Å². The first-order chi connectivity index (χ1) is 12.4. The number of benzene rings is 1. The summed E-state index contributed by atoms with van der Waals surface area (Å²) in [5.74, 6) is 1.05. The topological polar surface area (TPSA) is 69.7 Å². The van der Waals surface area contributed by atoms with Crippen molar-refractivity contribution >= 4 is 5.91 Å². The summed E-state index contributed by atoms with van der Waals surface area (Å²) < 4.78 is 13.5. The number of hydrogen-bond acceptors (Lipinski definition) is 4. The number of carbonyl (C=O) groups is 1. The molecule has 0 saturated heterocycles. The van der Waals surface area contributed by atoms with Crippen molar-refractivity contribution in [2.75, 3.05) is 33.9 Å². The molecule has 1 aromatic carbocycles. The summed E-state index contributed by atoms with van der Waals surface area (Å²) in [5, 5.41) is 0. The lowest BCUT2D eigenvalue weighted by atomic mass is 9.99. The van der Waals surface area contributed by atoms with Gasteiger partial charge in [-0.15, -0.1) is 0 Å². The smallest absolute Gasteiger partial charge is 0.251 e. The molecule has 1 aliphatic rings. The highest BCUT2D eigenvalue weighted by Gasteiger charge is 2.24. The Bertz CT molecular complexity index is 824. The molecule has 0 bridgehead atoms. The van der Waals surface area contributed by atoms with Crippen LogP contribution in [0.5, 0.6) is 11.5 Å². The fraction of sp³-hybridized carbons (Fsp3) is 0.450. The third-order valence-electron chi connectivity index (χ3n) is 4.85. The highest BCUT2D eigenvalue weighted by Crippen LogP contribution is 2.38. The maximum Gasteiger partial charge on any atom is 0.251 e. The van der Waals surface area contributed by atoms with Gasteiger partial charge in [0.25, 0.3) is 5.91 Å². The molecular weight excluding hydrogens is 330 g/mol. The van der Waals surface area contributed by atoms with Crippen molar-refractivity contribution in [2.45, 2.75) is 26.8 Å². The van der Waals surface area contributed by atoms with E-state index in [2.05, 4.69) is 23.6 Å². The number of carbonyl (C=O) groups excluding carboxylic acids is 1. The van der Waals surface area contributed by atoms with Crippen molar-refractivity contribution in [1.29, 1.82) is 0 Å². The Morgan fingerprint density at radius 1 is 1.15 bits per heavy atom. The van der Waals surface area contributed by atoms with Crippen LogP contribution in [0.15, 0.2) is 18.2 Å². The van der Waals surface area contributed by atoms with Crippen molar-refractivity contribution in [3.63, 3.8) is 0 Å². The van der Waals surface area contributed by atoms with Crippen LogP contribution in [0.25, 0.3) is 11.1 Å². The van der Waals surface area contributed by atoms with E-state index in [1.807, 2.05) is 32.0 Å². The number of aromatic nitrogens is 1. The summed E-state index contributed by atoms with van der Waals surface area (Å²) in [7, 11) is 4.12. The Kier molecular flexibility index (Phi) is 5.23. The van der Waals surface area contributed by atoms with E-state index in [1.54, 1.807) is 0 Å². The van der Waals surface area contributed by atoms with Crippen LogP contribution in [0.3, 0.4) is 0 Å². The first-order valence-corrected chi connectivity index (χ1v) is 8.94. The quantitative estimate of drug-likeness (QED) is 0.863. The number of amides is 1. The zero-order valence-electron chi connectivity index (χ0n) is 16.0. The fourth-order valence-electron chi connectivity index (χ4n) is 3.62. The molecule has 6 heteroatoms. The molecule has 0 radical (unpaired) electrons. The van der Waals surface area contributed by atoms with Gasteiger partial charge in [0.05, 0.1) is 5.56 Å². The van der Waals surface area contributed by atoms with E-state index in [-0.39, 0.29) is 0 Å². The minimum atomic E-state index is -0.401. The summed E-state index contributed by atoms with van der Waals surface area (Å²) in [5.41, 5.74) is 10.1. The second kappa shape index (κ2) is 7.41. The molecule has 6 nitrogen and oxygen atoms in total. The highest BCUT2D eigenvalue weighted by molar-refractivity contribution is 6.02. The number of nitrogens with two attached hydrogens (primary N) is 1.